The van der Waals surface area contributed by atoms with E-state index in [0.29, 0.717) is 18.7 Å². The molecule has 0 saturated heterocycles. The molecule has 6 heteroatoms. The molecule has 3 rings (SSSR count). The van der Waals surface area contributed by atoms with Gasteiger partial charge in [-0.3, -0.25) is 0 Å². The van der Waals surface area contributed by atoms with Gasteiger partial charge < -0.3 is 5.32 Å². The highest BCUT2D eigenvalue weighted by atomic mass is 19.3. The number of aromatic nitrogens is 3. The molecule has 0 unspecified atom stereocenters. The molecule has 1 atom stereocenters. The number of nitrogens with zero attached hydrogens (tertiary/aromatic N) is 3. The number of rotatable bonds is 9. The Morgan fingerprint density at radius 3 is 2.71 bits per heavy atom. The first-order chi connectivity index (χ1) is 13.5. The summed E-state index contributed by atoms with van der Waals surface area (Å²) in [7, 11) is 0. The molecule has 1 aliphatic rings. The molecule has 0 saturated carbocycles. The molecule has 0 aromatic carbocycles. The summed E-state index contributed by atoms with van der Waals surface area (Å²) < 4.78 is 29.0. The highest BCUT2D eigenvalue weighted by Gasteiger charge is 2.32. The van der Waals surface area contributed by atoms with Gasteiger partial charge in [0, 0.05) is 37.5 Å². The van der Waals surface area contributed by atoms with Crippen molar-refractivity contribution in [2.45, 2.75) is 77.1 Å². The predicted octanol–water partition coefficient (Wildman–Crippen LogP) is 5.47. The molecule has 1 aliphatic heterocycles. The Balaban J connectivity index is 1.47. The number of halogens is 2. The standard InChI is InChI=1S/C22H30F2N4/c1-3-17(19-14-26-16(2)27-15-19)13-22(23,24)11-5-4-8-20-10-9-18-7-6-12-25-21(18)28-20/h9-10,14-15,17H,3-8,11-13H2,1-2H3,(H,25,28)/t17-/m0/s1. The first-order valence-electron chi connectivity index (χ1n) is 10.4. The van der Waals surface area contributed by atoms with Gasteiger partial charge in [0.25, 0.3) is 0 Å². The van der Waals surface area contributed by atoms with Crippen molar-refractivity contribution in [1.82, 2.24) is 15.0 Å². The maximum Gasteiger partial charge on any atom is 0.248 e. The topological polar surface area (TPSA) is 50.7 Å². The van der Waals surface area contributed by atoms with Crippen LogP contribution in [-0.2, 0) is 12.8 Å². The third kappa shape index (κ3) is 5.69. The highest BCUT2D eigenvalue weighted by Crippen LogP contribution is 2.35. The molecule has 2 aromatic heterocycles. The number of hydrogen-bond acceptors (Lipinski definition) is 4. The van der Waals surface area contributed by atoms with Crippen LogP contribution in [0.25, 0.3) is 0 Å². The summed E-state index contributed by atoms with van der Waals surface area (Å²) in [6.45, 7) is 4.70. The molecular weight excluding hydrogens is 358 g/mol. The van der Waals surface area contributed by atoms with E-state index in [-0.39, 0.29) is 18.8 Å². The van der Waals surface area contributed by atoms with Crippen LogP contribution in [0, 0.1) is 6.92 Å². The molecule has 1 N–H and O–H groups in total. The van der Waals surface area contributed by atoms with Gasteiger partial charge in [-0.2, -0.15) is 0 Å². The quantitative estimate of drug-likeness (QED) is 0.579. The first kappa shape index (κ1) is 20.6. The molecule has 28 heavy (non-hydrogen) atoms. The summed E-state index contributed by atoms with van der Waals surface area (Å²) in [5, 5.41) is 3.32. The lowest BCUT2D eigenvalue weighted by Gasteiger charge is -2.22. The fourth-order valence-electron chi connectivity index (χ4n) is 3.77. The number of unbranched alkanes of at least 4 members (excludes halogenated alkanes) is 1. The Morgan fingerprint density at radius 1 is 1.18 bits per heavy atom. The van der Waals surface area contributed by atoms with Gasteiger partial charge in [0.15, 0.2) is 0 Å². The number of fused-ring (bicyclic) bond motifs is 1. The Hall–Kier alpha value is -2.11. The van der Waals surface area contributed by atoms with E-state index >= 15 is 0 Å². The minimum Gasteiger partial charge on any atom is -0.370 e. The summed E-state index contributed by atoms with van der Waals surface area (Å²) >= 11 is 0. The van der Waals surface area contributed by atoms with Crippen molar-refractivity contribution in [2.75, 3.05) is 11.9 Å². The van der Waals surface area contributed by atoms with Gasteiger partial charge in [-0.15, -0.1) is 0 Å². The SMILES string of the molecule is CC[C@@H](CC(F)(F)CCCCc1ccc2c(n1)NCCC2)c1cnc(C)nc1. The molecular formula is C22H30F2N4. The van der Waals surface area contributed by atoms with Crippen LogP contribution >= 0.6 is 0 Å². The maximum absolute atomic E-state index is 14.5. The highest BCUT2D eigenvalue weighted by molar-refractivity contribution is 5.46. The van der Waals surface area contributed by atoms with Gasteiger partial charge in [0.05, 0.1) is 0 Å². The zero-order valence-electron chi connectivity index (χ0n) is 16.8. The average Bonchev–Trinajstić information content (AvgIpc) is 2.70. The zero-order valence-corrected chi connectivity index (χ0v) is 16.8. The van der Waals surface area contributed by atoms with Crippen LogP contribution in [0.4, 0.5) is 14.6 Å². The fourth-order valence-corrected chi connectivity index (χ4v) is 3.77. The Labute approximate surface area is 166 Å². The minimum atomic E-state index is -2.67. The van der Waals surface area contributed by atoms with Crippen molar-refractivity contribution in [3.63, 3.8) is 0 Å². The van der Waals surface area contributed by atoms with Gasteiger partial charge >= 0.3 is 0 Å². The number of aryl methyl sites for hydroxylation is 3. The molecule has 152 valence electrons. The fraction of sp³-hybridized carbons (Fsp3) is 0.591. The van der Waals surface area contributed by atoms with Gasteiger partial charge in [-0.05, 0) is 68.6 Å². The molecule has 0 amide bonds. The van der Waals surface area contributed by atoms with Crippen molar-refractivity contribution in [2.24, 2.45) is 0 Å². The lowest BCUT2D eigenvalue weighted by molar-refractivity contribution is -0.0251. The van der Waals surface area contributed by atoms with E-state index in [0.717, 1.165) is 49.3 Å². The molecule has 4 nitrogen and oxygen atoms in total. The molecule has 3 heterocycles. The normalized spacial score (nSPS) is 15.0. The monoisotopic (exact) mass is 388 g/mol. The van der Waals surface area contributed by atoms with E-state index in [2.05, 4.69) is 26.3 Å². The molecule has 0 radical (unpaired) electrons. The molecule has 0 bridgehead atoms. The number of nitrogens with one attached hydrogen (secondary N) is 1. The summed E-state index contributed by atoms with van der Waals surface area (Å²) in [6, 6.07) is 4.16. The number of anilines is 1. The van der Waals surface area contributed by atoms with Crippen LogP contribution in [0.2, 0.25) is 0 Å². The van der Waals surface area contributed by atoms with Crippen LogP contribution in [0.15, 0.2) is 24.5 Å². The zero-order chi connectivity index (χ0) is 20.0. The lowest BCUT2D eigenvalue weighted by Crippen LogP contribution is -2.20. The summed E-state index contributed by atoms with van der Waals surface area (Å²) in [4.78, 5) is 12.9. The minimum absolute atomic E-state index is 0.0839. The number of alkyl halides is 2. The van der Waals surface area contributed by atoms with Crippen molar-refractivity contribution in [3.8, 4) is 0 Å². The third-order valence-corrected chi connectivity index (χ3v) is 5.49. The smallest absolute Gasteiger partial charge is 0.248 e. The Bertz CT molecular complexity index is 762. The van der Waals surface area contributed by atoms with E-state index in [1.165, 1.54) is 5.56 Å². The number of pyridine rings is 1. The van der Waals surface area contributed by atoms with Crippen molar-refractivity contribution in [3.05, 3.63) is 47.2 Å². The third-order valence-electron chi connectivity index (χ3n) is 5.49. The van der Waals surface area contributed by atoms with E-state index in [4.69, 9.17) is 0 Å². The van der Waals surface area contributed by atoms with Gasteiger partial charge in [0.2, 0.25) is 5.92 Å². The number of hydrogen-bond donors (Lipinski definition) is 1. The van der Waals surface area contributed by atoms with Crippen LogP contribution in [0.1, 0.15) is 74.0 Å². The van der Waals surface area contributed by atoms with E-state index in [9.17, 15) is 8.78 Å². The predicted molar refractivity (Wildman–Crippen MR) is 108 cm³/mol. The van der Waals surface area contributed by atoms with Crippen molar-refractivity contribution >= 4 is 5.82 Å². The second-order valence-corrected chi connectivity index (χ2v) is 7.78. The van der Waals surface area contributed by atoms with E-state index in [1.807, 2.05) is 13.0 Å². The molecule has 2 aromatic rings. The van der Waals surface area contributed by atoms with Gasteiger partial charge in [-0.1, -0.05) is 13.0 Å². The van der Waals surface area contributed by atoms with Crippen molar-refractivity contribution in [1.29, 1.82) is 0 Å². The summed E-state index contributed by atoms with van der Waals surface area (Å²) in [5.74, 6) is -1.24. The second kappa shape index (κ2) is 9.39. The van der Waals surface area contributed by atoms with Crippen LogP contribution in [-0.4, -0.2) is 27.4 Å². The van der Waals surface area contributed by atoms with Gasteiger partial charge in [0.1, 0.15) is 11.6 Å². The average molecular weight is 389 g/mol. The van der Waals surface area contributed by atoms with E-state index < -0.39 is 5.92 Å². The Morgan fingerprint density at radius 2 is 1.96 bits per heavy atom. The van der Waals surface area contributed by atoms with Crippen molar-refractivity contribution < 1.29 is 8.78 Å². The molecule has 0 fully saturated rings. The largest absolute Gasteiger partial charge is 0.370 e. The van der Waals surface area contributed by atoms with Crippen LogP contribution in [0.5, 0.6) is 0 Å². The lowest BCUT2D eigenvalue weighted by atomic mass is 9.90. The molecule has 0 spiro atoms. The summed E-state index contributed by atoms with van der Waals surface area (Å²) in [6.07, 6.45) is 7.97. The van der Waals surface area contributed by atoms with Crippen LogP contribution in [0.3, 0.4) is 0 Å². The Kier molecular flexibility index (Phi) is 6.92. The maximum atomic E-state index is 14.5. The molecule has 0 aliphatic carbocycles. The summed E-state index contributed by atoms with van der Waals surface area (Å²) in [5.41, 5.74) is 3.05. The van der Waals surface area contributed by atoms with E-state index in [1.54, 1.807) is 19.3 Å². The second-order valence-electron chi connectivity index (χ2n) is 7.78. The van der Waals surface area contributed by atoms with Crippen LogP contribution < -0.4 is 5.32 Å². The van der Waals surface area contributed by atoms with Gasteiger partial charge in [-0.25, -0.2) is 23.7 Å². The first-order valence-corrected chi connectivity index (χ1v) is 10.4.